The van der Waals surface area contributed by atoms with Crippen LogP contribution in [0, 0.1) is 5.82 Å². The fraction of sp³-hybridized carbons (Fsp3) is 0.286. The zero-order valence-electron chi connectivity index (χ0n) is 15.7. The number of hydrogen-bond donors (Lipinski definition) is 2. The molecule has 0 bridgehead atoms. The fourth-order valence-corrected chi connectivity index (χ4v) is 3.06. The van der Waals surface area contributed by atoms with Crippen LogP contribution in [0.15, 0.2) is 53.5 Å². The van der Waals surface area contributed by atoms with Crippen molar-refractivity contribution in [2.45, 2.75) is 13.3 Å². The van der Waals surface area contributed by atoms with Gasteiger partial charge in [0.1, 0.15) is 5.82 Å². The molecule has 6 nitrogen and oxygen atoms in total. The van der Waals surface area contributed by atoms with Gasteiger partial charge in [-0.05, 0) is 37.1 Å². The quantitative estimate of drug-likeness (QED) is 0.438. The molecule has 0 aromatic heterocycles. The second-order valence-corrected chi connectivity index (χ2v) is 6.34. The van der Waals surface area contributed by atoms with Crippen LogP contribution in [0.5, 0.6) is 0 Å². The second kappa shape index (κ2) is 9.12. The molecule has 7 heteroatoms. The summed E-state index contributed by atoms with van der Waals surface area (Å²) in [6.07, 6.45) is 0.488. The van der Waals surface area contributed by atoms with Gasteiger partial charge in [0.05, 0.1) is 11.1 Å². The molecule has 1 heterocycles. The van der Waals surface area contributed by atoms with Crippen LogP contribution in [0.1, 0.15) is 33.2 Å². The Balaban J connectivity index is 1.53. The summed E-state index contributed by atoms with van der Waals surface area (Å²) in [5.74, 6) is -0.218. The number of fused-ring (bicyclic) bond motifs is 1. The average molecular weight is 382 g/mol. The van der Waals surface area contributed by atoms with Crippen LogP contribution in [0.4, 0.5) is 4.39 Å². The maximum Gasteiger partial charge on any atom is 0.261 e. The van der Waals surface area contributed by atoms with Crippen LogP contribution >= 0.6 is 0 Å². The molecule has 0 fully saturated rings. The zero-order valence-corrected chi connectivity index (χ0v) is 15.7. The third-order valence-corrected chi connectivity index (χ3v) is 4.46. The van der Waals surface area contributed by atoms with E-state index in [1.807, 2.05) is 6.92 Å². The molecule has 28 heavy (non-hydrogen) atoms. The number of carbonyl (C=O) groups is 2. The topological polar surface area (TPSA) is 73.8 Å². The lowest BCUT2D eigenvalue weighted by atomic mass is 10.1. The summed E-state index contributed by atoms with van der Waals surface area (Å²) in [5, 5.41) is 6.22. The van der Waals surface area contributed by atoms with Gasteiger partial charge in [0.15, 0.2) is 5.96 Å². The first-order chi connectivity index (χ1) is 13.6. The smallest absolute Gasteiger partial charge is 0.261 e. The Hall–Kier alpha value is -3.22. The van der Waals surface area contributed by atoms with Crippen molar-refractivity contribution in [1.29, 1.82) is 0 Å². The Kier molecular flexibility index (Phi) is 6.37. The first kappa shape index (κ1) is 19.5. The van der Waals surface area contributed by atoms with Crippen LogP contribution in [0.25, 0.3) is 0 Å². The van der Waals surface area contributed by atoms with Crippen LogP contribution in [-0.2, 0) is 6.42 Å². The van der Waals surface area contributed by atoms with Crippen molar-refractivity contribution in [3.63, 3.8) is 0 Å². The Bertz CT molecular complexity index is 862. The van der Waals surface area contributed by atoms with Crippen molar-refractivity contribution >= 4 is 17.8 Å². The number of imide groups is 1. The van der Waals surface area contributed by atoms with Gasteiger partial charge in [0, 0.05) is 26.2 Å². The molecular weight excluding hydrogens is 359 g/mol. The molecule has 2 aromatic carbocycles. The molecule has 0 atom stereocenters. The molecule has 0 aliphatic carbocycles. The van der Waals surface area contributed by atoms with Gasteiger partial charge in [-0.3, -0.25) is 19.5 Å². The Morgan fingerprint density at radius 1 is 1.00 bits per heavy atom. The molecular formula is C21H23FN4O2. The number of halogens is 1. The van der Waals surface area contributed by atoms with Gasteiger partial charge in [0.2, 0.25) is 0 Å². The highest BCUT2D eigenvalue weighted by Gasteiger charge is 2.34. The van der Waals surface area contributed by atoms with E-state index in [-0.39, 0.29) is 24.2 Å². The minimum Gasteiger partial charge on any atom is -0.357 e. The van der Waals surface area contributed by atoms with E-state index in [1.165, 1.54) is 11.0 Å². The molecule has 0 radical (unpaired) electrons. The summed E-state index contributed by atoms with van der Waals surface area (Å²) in [6.45, 7) is 3.64. The predicted molar refractivity (Wildman–Crippen MR) is 106 cm³/mol. The standard InChI is InChI=1S/C21H23FN4O2/c1-2-23-21(24-12-11-15-7-3-6-10-18(15)22)25-13-14-26-19(27)16-8-4-5-9-17(16)20(26)28/h3-10H,2,11-14H2,1H3,(H2,23,24,25). The van der Waals surface area contributed by atoms with E-state index in [9.17, 15) is 14.0 Å². The Morgan fingerprint density at radius 3 is 2.29 bits per heavy atom. The van der Waals surface area contributed by atoms with Crippen LogP contribution in [0.2, 0.25) is 0 Å². The van der Waals surface area contributed by atoms with Gasteiger partial charge in [-0.1, -0.05) is 30.3 Å². The van der Waals surface area contributed by atoms with Gasteiger partial charge in [-0.15, -0.1) is 0 Å². The molecule has 0 saturated heterocycles. The normalized spacial score (nSPS) is 13.6. The van der Waals surface area contributed by atoms with E-state index in [0.717, 1.165) is 0 Å². The van der Waals surface area contributed by atoms with Crippen molar-refractivity contribution in [3.8, 4) is 0 Å². The SMILES string of the molecule is CCNC(=NCCc1ccccc1F)NCCN1C(=O)c2ccccc2C1=O. The van der Waals surface area contributed by atoms with E-state index in [1.54, 1.807) is 42.5 Å². The molecule has 3 rings (SSSR count). The number of rotatable bonds is 7. The lowest BCUT2D eigenvalue weighted by Crippen LogP contribution is -2.43. The minimum absolute atomic E-state index is 0.235. The highest BCUT2D eigenvalue weighted by atomic mass is 19.1. The van der Waals surface area contributed by atoms with Gasteiger partial charge >= 0.3 is 0 Å². The van der Waals surface area contributed by atoms with Crippen molar-refractivity contribution in [1.82, 2.24) is 15.5 Å². The lowest BCUT2D eigenvalue weighted by Gasteiger charge is -2.16. The molecule has 2 aromatic rings. The van der Waals surface area contributed by atoms with E-state index in [0.29, 0.717) is 48.7 Å². The predicted octanol–water partition coefficient (Wildman–Crippen LogP) is 2.22. The summed E-state index contributed by atoms with van der Waals surface area (Å²) >= 11 is 0. The molecule has 0 spiro atoms. The highest BCUT2D eigenvalue weighted by Crippen LogP contribution is 2.21. The molecule has 0 saturated carbocycles. The summed E-state index contributed by atoms with van der Waals surface area (Å²) in [4.78, 5) is 30.4. The van der Waals surface area contributed by atoms with Crippen molar-refractivity contribution in [2.75, 3.05) is 26.2 Å². The number of amides is 2. The lowest BCUT2D eigenvalue weighted by molar-refractivity contribution is 0.0657. The second-order valence-electron chi connectivity index (χ2n) is 6.34. The largest absolute Gasteiger partial charge is 0.357 e. The Morgan fingerprint density at radius 2 is 1.64 bits per heavy atom. The van der Waals surface area contributed by atoms with E-state index < -0.39 is 0 Å². The number of hydrogen-bond acceptors (Lipinski definition) is 3. The summed E-state index contributed by atoms with van der Waals surface area (Å²) < 4.78 is 13.7. The molecule has 2 N–H and O–H groups in total. The molecule has 1 aliphatic rings. The monoisotopic (exact) mass is 382 g/mol. The van der Waals surface area contributed by atoms with Gasteiger partial charge in [-0.25, -0.2) is 4.39 Å². The molecule has 2 amide bonds. The number of carbonyl (C=O) groups excluding carboxylic acids is 2. The first-order valence-electron chi connectivity index (χ1n) is 9.32. The summed E-state index contributed by atoms with van der Waals surface area (Å²) in [5.41, 5.74) is 1.50. The number of nitrogens with zero attached hydrogens (tertiary/aromatic N) is 2. The number of aliphatic imine (C=N–C) groups is 1. The summed E-state index contributed by atoms with van der Waals surface area (Å²) in [6, 6.07) is 13.5. The van der Waals surface area contributed by atoms with Crippen molar-refractivity contribution in [3.05, 3.63) is 71.0 Å². The maximum absolute atomic E-state index is 13.7. The summed E-state index contributed by atoms with van der Waals surface area (Å²) in [7, 11) is 0. The van der Waals surface area contributed by atoms with Gasteiger partial charge in [-0.2, -0.15) is 0 Å². The van der Waals surface area contributed by atoms with Crippen molar-refractivity contribution in [2.24, 2.45) is 4.99 Å². The van der Waals surface area contributed by atoms with Gasteiger partial charge in [0.25, 0.3) is 11.8 Å². The Labute approximate surface area is 163 Å². The minimum atomic E-state index is -0.274. The molecule has 146 valence electrons. The third-order valence-electron chi connectivity index (χ3n) is 4.46. The van der Waals surface area contributed by atoms with Crippen LogP contribution in [-0.4, -0.2) is 48.9 Å². The van der Waals surface area contributed by atoms with E-state index in [4.69, 9.17) is 0 Å². The fourth-order valence-electron chi connectivity index (χ4n) is 3.06. The van der Waals surface area contributed by atoms with Crippen LogP contribution < -0.4 is 10.6 Å². The molecule has 0 unspecified atom stereocenters. The van der Waals surface area contributed by atoms with E-state index in [2.05, 4.69) is 15.6 Å². The average Bonchev–Trinajstić information content (AvgIpc) is 2.94. The number of guanidine groups is 1. The highest BCUT2D eigenvalue weighted by molar-refractivity contribution is 6.21. The maximum atomic E-state index is 13.7. The van der Waals surface area contributed by atoms with Gasteiger partial charge < -0.3 is 10.6 Å². The number of benzene rings is 2. The molecule has 1 aliphatic heterocycles. The zero-order chi connectivity index (χ0) is 19.9. The number of nitrogens with one attached hydrogen (secondary N) is 2. The first-order valence-corrected chi connectivity index (χ1v) is 9.32. The van der Waals surface area contributed by atoms with E-state index >= 15 is 0 Å². The third kappa shape index (κ3) is 4.36. The van der Waals surface area contributed by atoms with Crippen molar-refractivity contribution < 1.29 is 14.0 Å². The van der Waals surface area contributed by atoms with Crippen LogP contribution in [0.3, 0.4) is 0 Å².